The summed E-state index contributed by atoms with van der Waals surface area (Å²) in [5.41, 5.74) is 1.79. The van der Waals surface area contributed by atoms with E-state index < -0.39 is 0 Å². The molecule has 1 saturated carbocycles. The second-order valence-corrected chi connectivity index (χ2v) is 8.04. The molecular formula is C22H24N6O3. The number of carbonyl (C=O) groups excluding carboxylic acids is 1. The van der Waals surface area contributed by atoms with Crippen LogP contribution in [0.15, 0.2) is 42.9 Å². The zero-order valence-electron chi connectivity index (χ0n) is 17.4. The van der Waals surface area contributed by atoms with Crippen LogP contribution in [0, 0.1) is 5.92 Å². The fourth-order valence-electron chi connectivity index (χ4n) is 4.38. The lowest BCUT2D eigenvalue weighted by Crippen LogP contribution is -2.32. The summed E-state index contributed by atoms with van der Waals surface area (Å²) in [6.07, 6.45) is 7.60. The number of nitrogens with zero attached hydrogens (tertiary/aromatic N) is 5. The third kappa shape index (κ3) is 3.40. The molecule has 9 heteroatoms. The van der Waals surface area contributed by atoms with Gasteiger partial charge in [0.25, 0.3) is 5.91 Å². The number of carbonyl (C=O) groups is 1. The summed E-state index contributed by atoms with van der Waals surface area (Å²) >= 11 is 0. The molecule has 1 fully saturated rings. The van der Waals surface area contributed by atoms with E-state index >= 15 is 0 Å². The lowest BCUT2D eigenvalue weighted by Gasteiger charge is -2.33. The molecule has 2 N–H and O–H groups in total. The first-order chi connectivity index (χ1) is 15.0. The fourth-order valence-corrected chi connectivity index (χ4v) is 4.38. The number of nitrogens with one attached hydrogen (secondary N) is 1. The number of benzene rings is 1. The van der Waals surface area contributed by atoms with Crippen molar-refractivity contribution in [3.8, 4) is 5.75 Å². The predicted molar refractivity (Wildman–Crippen MR) is 115 cm³/mol. The second kappa shape index (κ2) is 7.66. The number of ether oxygens (including phenoxy) is 1. The van der Waals surface area contributed by atoms with Crippen LogP contribution >= 0.6 is 0 Å². The van der Waals surface area contributed by atoms with Crippen LogP contribution in [0.3, 0.4) is 0 Å². The molecule has 0 unspecified atom stereocenters. The normalized spacial score (nSPS) is 21.5. The highest BCUT2D eigenvalue weighted by atomic mass is 16.5. The highest BCUT2D eigenvalue weighted by Crippen LogP contribution is 2.35. The van der Waals surface area contributed by atoms with E-state index in [1.54, 1.807) is 35.1 Å². The van der Waals surface area contributed by atoms with Crippen molar-refractivity contribution in [1.29, 1.82) is 0 Å². The van der Waals surface area contributed by atoms with Crippen LogP contribution in [0.1, 0.15) is 42.6 Å². The first-order valence-electron chi connectivity index (χ1n) is 10.4. The topological polar surface area (TPSA) is 107 Å². The van der Waals surface area contributed by atoms with Gasteiger partial charge in [-0.1, -0.05) is 6.92 Å². The number of hydrogen-bond donors (Lipinski definition) is 2. The minimum Gasteiger partial charge on any atom is -0.496 e. The lowest BCUT2D eigenvalue weighted by atomic mass is 9.83. The summed E-state index contributed by atoms with van der Waals surface area (Å²) < 4.78 is 8.98. The van der Waals surface area contributed by atoms with Gasteiger partial charge in [0.15, 0.2) is 11.5 Å². The monoisotopic (exact) mass is 420 g/mol. The molecule has 0 aliphatic heterocycles. The zero-order valence-corrected chi connectivity index (χ0v) is 17.4. The number of amides is 1. The molecule has 0 bridgehead atoms. The van der Waals surface area contributed by atoms with Gasteiger partial charge >= 0.3 is 0 Å². The van der Waals surface area contributed by atoms with Crippen molar-refractivity contribution in [3.05, 3.63) is 48.4 Å². The fraction of sp³-hybridized carbons (Fsp3) is 0.364. The van der Waals surface area contributed by atoms with Crippen molar-refractivity contribution in [2.45, 2.75) is 38.3 Å². The SMILES string of the molecule is COc1cc2nn([C@H]3CCC[C@H](O)[C@@H]3C)cc2cc1C(=O)Nc1cnc2cccnn12. The van der Waals surface area contributed by atoms with Crippen molar-refractivity contribution in [1.82, 2.24) is 24.4 Å². The average Bonchev–Trinajstić information content (AvgIpc) is 3.38. The van der Waals surface area contributed by atoms with E-state index in [0.29, 0.717) is 22.8 Å². The molecule has 0 radical (unpaired) electrons. The van der Waals surface area contributed by atoms with Crippen LogP contribution in [0.5, 0.6) is 5.75 Å². The van der Waals surface area contributed by atoms with E-state index in [9.17, 15) is 9.90 Å². The third-order valence-electron chi connectivity index (χ3n) is 6.16. The maximum atomic E-state index is 13.1. The van der Waals surface area contributed by atoms with Gasteiger partial charge in [0, 0.05) is 29.8 Å². The Morgan fingerprint density at radius 3 is 3.03 bits per heavy atom. The van der Waals surface area contributed by atoms with E-state index in [1.807, 2.05) is 16.9 Å². The Morgan fingerprint density at radius 2 is 2.19 bits per heavy atom. The van der Waals surface area contributed by atoms with Crippen molar-refractivity contribution < 1.29 is 14.6 Å². The Bertz CT molecular complexity index is 1260. The summed E-state index contributed by atoms with van der Waals surface area (Å²) in [5, 5.41) is 22.9. The van der Waals surface area contributed by atoms with Gasteiger partial charge in [0.1, 0.15) is 5.75 Å². The highest BCUT2D eigenvalue weighted by molar-refractivity contribution is 6.08. The van der Waals surface area contributed by atoms with E-state index in [2.05, 4.69) is 22.3 Å². The van der Waals surface area contributed by atoms with Crippen molar-refractivity contribution in [3.63, 3.8) is 0 Å². The molecule has 5 rings (SSSR count). The van der Waals surface area contributed by atoms with Gasteiger partial charge in [0.05, 0.1) is 36.5 Å². The van der Waals surface area contributed by atoms with Gasteiger partial charge in [-0.2, -0.15) is 14.7 Å². The summed E-state index contributed by atoms with van der Waals surface area (Å²) in [6, 6.07) is 7.29. The van der Waals surface area contributed by atoms with Crippen molar-refractivity contribution in [2.24, 2.45) is 5.92 Å². The minimum absolute atomic E-state index is 0.121. The van der Waals surface area contributed by atoms with Gasteiger partial charge in [-0.15, -0.1) is 0 Å². The number of methoxy groups -OCH3 is 1. The Balaban J connectivity index is 1.48. The molecule has 1 aromatic carbocycles. The maximum absolute atomic E-state index is 13.1. The van der Waals surface area contributed by atoms with Gasteiger partial charge in [-0.05, 0) is 37.5 Å². The van der Waals surface area contributed by atoms with Gasteiger partial charge in [0.2, 0.25) is 0 Å². The molecule has 0 spiro atoms. The number of imidazole rings is 1. The van der Waals surface area contributed by atoms with Gasteiger partial charge in [-0.25, -0.2) is 4.98 Å². The molecule has 3 aromatic heterocycles. The molecule has 160 valence electrons. The Kier molecular flexibility index (Phi) is 4.82. The molecule has 31 heavy (non-hydrogen) atoms. The standard InChI is InChI=1S/C22H24N6O3/c1-13-17(5-3-6-18(13)29)27-12-14-9-15(19(31-2)10-16(14)26-27)22(30)25-21-11-23-20-7-4-8-24-28(20)21/h4,7-13,17-18,29H,3,5-6H2,1-2H3,(H,25,30)/t13-,17+,18+/m1/s1. The number of hydrogen-bond acceptors (Lipinski definition) is 6. The third-order valence-corrected chi connectivity index (χ3v) is 6.16. The number of aliphatic hydroxyl groups excluding tert-OH is 1. The van der Waals surface area contributed by atoms with Crippen LogP contribution in [-0.2, 0) is 0 Å². The lowest BCUT2D eigenvalue weighted by molar-refractivity contribution is 0.0430. The van der Waals surface area contributed by atoms with Crippen LogP contribution in [0.25, 0.3) is 16.6 Å². The molecule has 9 nitrogen and oxygen atoms in total. The largest absolute Gasteiger partial charge is 0.496 e. The molecule has 3 atom stereocenters. The molecule has 4 aromatic rings. The smallest absolute Gasteiger partial charge is 0.260 e. The summed E-state index contributed by atoms with van der Waals surface area (Å²) in [6.45, 7) is 2.06. The first-order valence-corrected chi connectivity index (χ1v) is 10.4. The Hall–Kier alpha value is -3.46. The van der Waals surface area contributed by atoms with E-state index in [-0.39, 0.29) is 24.0 Å². The second-order valence-electron chi connectivity index (χ2n) is 8.04. The predicted octanol–water partition coefficient (Wildman–Crippen LogP) is 3.06. The molecule has 1 amide bonds. The summed E-state index contributed by atoms with van der Waals surface area (Å²) in [5.74, 6) is 0.716. The molecule has 1 aliphatic carbocycles. The Labute approximate surface area is 178 Å². The van der Waals surface area contributed by atoms with Gasteiger partial charge in [-0.3, -0.25) is 9.48 Å². The molecule has 1 aliphatic rings. The first kappa shape index (κ1) is 19.5. The van der Waals surface area contributed by atoms with E-state index in [1.165, 1.54) is 7.11 Å². The number of anilines is 1. The van der Waals surface area contributed by atoms with Gasteiger partial charge < -0.3 is 15.2 Å². The summed E-state index contributed by atoms with van der Waals surface area (Å²) in [7, 11) is 1.53. The molecule has 0 saturated heterocycles. The summed E-state index contributed by atoms with van der Waals surface area (Å²) in [4.78, 5) is 17.3. The van der Waals surface area contributed by atoms with Crippen LogP contribution < -0.4 is 10.1 Å². The number of aromatic nitrogens is 5. The Morgan fingerprint density at radius 1 is 1.32 bits per heavy atom. The average molecular weight is 420 g/mol. The van der Waals surface area contributed by atoms with Crippen LogP contribution in [-0.4, -0.2) is 48.6 Å². The zero-order chi connectivity index (χ0) is 21.5. The van der Waals surface area contributed by atoms with Crippen LogP contribution in [0.2, 0.25) is 0 Å². The molecule has 3 heterocycles. The number of rotatable bonds is 4. The highest BCUT2D eigenvalue weighted by Gasteiger charge is 2.30. The van der Waals surface area contributed by atoms with E-state index in [4.69, 9.17) is 9.84 Å². The van der Waals surface area contributed by atoms with Crippen molar-refractivity contribution >= 4 is 28.3 Å². The van der Waals surface area contributed by atoms with Crippen molar-refractivity contribution in [2.75, 3.05) is 12.4 Å². The number of aliphatic hydroxyl groups is 1. The quantitative estimate of drug-likeness (QED) is 0.526. The minimum atomic E-state index is -0.319. The molecular weight excluding hydrogens is 396 g/mol. The van der Waals surface area contributed by atoms with Crippen LogP contribution in [0.4, 0.5) is 5.82 Å². The van der Waals surface area contributed by atoms with E-state index in [0.717, 1.165) is 30.2 Å². The maximum Gasteiger partial charge on any atom is 0.260 e. The number of fused-ring (bicyclic) bond motifs is 2.